The first-order chi connectivity index (χ1) is 10.2. The molecule has 1 amide bonds. The van der Waals surface area contributed by atoms with Crippen LogP contribution < -0.4 is 5.32 Å². The van der Waals surface area contributed by atoms with Crippen molar-refractivity contribution in [2.75, 3.05) is 46.0 Å². The van der Waals surface area contributed by atoms with E-state index in [-0.39, 0.29) is 5.91 Å². The van der Waals surface area contributed by atoms with E-state index in [2.05, 4.69) is 5.32 Å². The Balaban J connectivity index is 1.76. The summed E-state index contributed by atoms with van der Waals surface area (Å²) in [5, 5.41) is 3.33. The van der Waals surface area contributed by atoms with E-state index in [0.717, 1.165) is 24.2 Å². The first kappa shape index (κ1) is 14.5. The number of carbonyl (C=O) groups excluding carboxylic acids is 1. The molecule has 2 saturated heterocycles. The van der Waals surface area contributed by atoms with Crippen LogP contribution in [0.15, 0.2) is 24.3 Å². The molecule has 0 radical (unpaired) electrons. The summed E-state index contributed by atoms with van der Waals surface area (Å²) in [5.41, 5.74) is 1.38. The molecular formula is C16H22N2O3. The topological polar surface area (TPSA) is 50.8 Å². The van der Waals surface area contributed by atoms with Crippen molar-refractivity contribution in [2.24, 2.45) is 0 Å². The first-order valence-corrected chi connectivity index (χ1v) is 7.48. The van der Waals surface area contributed by atoms with E-state index in [1.54, 1.807) is 0 Å². The summed E-state index contributed by atoms with van der Waals surface area (Å²) in [6.45, 7) is 6.53. The zero-order valence-electron chi connectivity index (χ0n) is 12.4. The van der Waals surface area contributed by atoms with E-state index >= 15 is 0 Å². The lowest BCUT2D eigenvalue weighted by atomic mass is 10.0. The molecule has 2 aliphatic heterocycles. The molecule has 3 rings (SSSR count). The van der Waals surface area contributed by atoms with Gasteiger partial charge in [-0.2, -0.15) is 0 Å². The van der Waals surface area contributed by atoms with E-state index in [0.29, 0.717) is 32.9 Å². The molecule has 1 atom stereocenters. The van der Waals surface area contributed by atoms with Crippen LogP contribution in [0.25, 0.3) is 0 Å². The summed E-state index contributed by atoms with van der Waals surface area (Å²) < 4.78 is 11.6. The Morgan fingerprint density at radius 3 is 3.05 bits per heavy atom. The van der Waals surface area contributed by atoms with Crippen LogP contribution >= 0.6 is 0 Å². The summed E-state index contributed by atoms with van der Waals surface area (Å²) >= 11 is 0. The second-order valence-electron chi connectivity index (χ2n) is 5.80. The quantitative estimate of drug-likeness (QED) is 0.832. The Labute approximate surface area is 125 Å². The number of rotatable bonds is 1. The molecule has 2 heterocycles. The van der Waals surface area contributed by atoms with Gasteiger partial charge in [-0.3, -0.25) is 4.79 Å². The normalized spacial score (nSPS) is 26.6. The van der Waals surface area contributed by atoms with Gasteiger partial charge in [0.05, 0.1) is 26.4 Å². The monoisotopic (exact) mass is 290 g/mol. The molecule has 1 N–H and O–H groups in total. The van der Waals surface area contributed by atoms with E-state index in [1.165, 1.54) is 0 Å². The van der Waals surface area contributed by atoms with Crippen LogP contribution in [0.4, 0.5) is 0 Å². The third kappa shape index (κ3) is 3.10. The van der Waals surface area contributed by atoms with Crippen molar-refractivity contribution < 1.29 is 14.3 Å². The molecule has 0 bridgehead atoms. The Hall–Kier alpha value is -1.43. The smallest absolute Gasteiger partial charge is 0.254 e. The van der Waals surface area contributed by atoms with Crippen molar-refractivity contribution in [3.63, 3.8) is 0 Å². The fourth-order valence-corrected chi connectivity index (χ4v) is 2.97. The Morgan fingerprint density at radius 1 is 1.33 bits per heavy atom. The molecule has 5 heteroatoms. The number of aryl methyl sites for hydroxylation is 1. The van der Waals surface area contributed by atoms with Crippen molar-refractivity contribution in [1.29, 1.82) is 0 Å². The SMILES string of the molecule is Cc1ccccc1C(=O)N1CCO[C@@]2(CNCCOC2)C1. The van der Waals surface area contributed by atoms with Gasteiger partial charge in [-0.1, -0.05) is 18.2 Å². The molecule has 0 aliphatic carbocycles. The Kier molecular flexibility index (Phi) is 4.24. The third-order valence-corrected chi connectivity index (χ3v) is 4.15. The molecule has 114 valence electrons. The highest BCUT2D eigenvalue weighted by Crippen LogP contribution is 2.22. The number of carbonyl (C=O) groups is 1. The second-order valence-corrected chi connectivity index (χ2v) is 5.80. The number of morpholine rings is 1. The van der Waals surface area contributed by atoms with Crippen LogP contribution in [0, 0.1) is 6.92 Å². The molecular weight excluding hydrogens is 268 g/mol. The van der Waals surface area contributed by atoms with Crippen LogP contribution in [0.1, 0.15) is 15.9 Å². The van der Waals surface area contributed by atoms with Gasteiger partial charge in [0, 0.05) is 25.2 Å². The fourth-order valence-electron chi connectivity index (χ4n) is 2.97. The number of nitrogens with one attached hydrogen (secondary N) is 1. The van der Waals surface area contributed by atoms with Crippen LogP contribution in [0.2, 0.25) is 0 Å². The fraction of sp³-hybridized carbons (Fsp3) is 0.562. The van der Waals surface area contributed by atoms with Crippen LogP contribution in [-0.2, 0) is 9.47 Å². The zero-order valence-corrected chi connectivity index (χ0v) is 12.4. The van der Waals surface area contributed by atoms with Crippen molar-refractivity contribution >= 4 is 5.91 Å². The largest absolute Gasteiger partial charge is 0.377 e. The Morgan fingerprint density at radius 2 is 2.19 bits per heavy atom. The number of amides is 1. The maximum atomic E-state index is 12.7. The van der Waals surface area contributed by atoms with E-state index < -0.39 is 5.60 Å². The lowest BCUT2D eigenvalue weighted by molar-refractivity contribution is -0.125. The molecule has 1 aromatic carbocycles. The molecule has 0 saturated carbocycles. The maximum Gasteiger partial charge on any atom is 0.254 e. The zero-order chi connectivity index (χ0) is 14.7. The van der Waals surface area contributed by atoms with Crippen LogP contribution in [0.3, 0.4) is 0 Å². The molecule has 0 unspecified atom stereocenters. The second kappa shape index (κ2) is 6.13. The highest BCUT2D eigenvalue weighted by atomic mass is 16.5. The third-order valence-electron chi connectivity index (χ3n) is 4.15. The maximum absolute atomic E-state index is 12.7. The van der Waals surface area contributed by atoms with Gasteiger partial charge >= 0.3 is 0 Å². The van der Waals surface area contributed by atoms with Crippen molar-refractivity contribution in [3.8, 4) is 0 Å². The number of hydrogen-bond donors (Lipinski definition) is 1. The molecule has 21 heavy (non-hydrogen) atoms. The summed E-state index contributed by atoms with van der Waals surface area (Å²) in [5.74, 6) is 0.0834. The summed E-state index contributed by atoms with van der Waals surface area (Å²) in [6, 6.07) is 7.73. The predicted octanol–water partition coefficient (Wildman–Crippen LogP) is 0.826. The van der Waals surface area contributed by atoms with Crippen LogP contribution in [-0.4, -0.2) is 62.4 Å². The van der Waals surface area contributed by atoms with Crippen LogP contribution in [0.5, 0.6) is 0 Å². The van der Waals surface area contributed by atoms with Crippen molar-refractivity contribution in [3.05, 3.63) is 35.4 Å². The van der Waals surface area contributed by atoms with Gasteiger partial charge in [-0.05, 0) is 18.6 Å². The molecule has 1 aromatic rings. The van der Waals surface area contributed by atoms with Gasteiger partial charge in [-0.25, -0.2) is 0 Å². The number of ether oxygens (including phenoxy) is 2. The minimum absolute atomic E-state index is 0.0834. The van der Waals surface area contributed by atoms with Gasteiger partial charge in [0.1, 0.15) is 5.60 Å². The van der Waals surface area contributed by atoms with Gasteiger partial charge in [0.15, 0.2) is 0 Å². The number of benzene rings is 1. The van der Waals surface area contributed by atoms with Crippen molar-refractivity contribution in [2.45, 2.75) is 12.5 Å². The first-order valence-electron chi connectivity index (χ1n) is 7.48. The van der Waals surface area contributed by atoms with E-state index in [4.69, 9.17) is 9.47 Å². The van der Waals surface area contributed by atoms with Gasteiger partial charge in [-0.15, -0.1) is 0 Å². The van der Waals surface area contributed by atoms with Crippen molar-refractivity contribution in [1.82, 2.24) is 10.2 Å². The van der Waals surface area contributed by atoms with Gasteiger partial charge in [0.25, 0.3) is 5.91 Å². The van der Waals surface area contributed by atoms with E-state index in [9.17, 15) is 4.79 Å². The number of hydrogen-bond acceptors (Lipinski definition) is 4. The minimum Gasteiger partial charge on any atom is -0.377 e. The molecule has 2 aliphatic rings. The molecule has 0 aromatic heterocycles. The molecule has 5 nitrogen and oxygen atoms in total. The highest BCUT2D eigenvalue weighted by Gasteiger charge is 2.39. The average molecular weight is 290 g/mol. The molecule has 1 spiro atoms. The molecule has 2 fully saturated rings. The summed E-state index contributed by atoms with van der Waals surface area (Å²) in [6.07, 6.45) is 0. The summed E-state index contributed by atoms with van der Waals surface area (Å²) in [7, 11) is 0. The lowest BCUT2D eigenvalue weighted by Crippen LogP contribution is -2.59. The predicted molar refractivity (Wildman–Crippen MR) is 79.5 cm³/mol. The summed E-state index contributed by atoms with van der Waals surface area (Å²) in [4.78, 5) is 14.6. The highest BCUT2D eigenvalue weighted by molar-refractivity contribution is 5.95. The number of nitrogens with zero attached hydrogens (tertiary/aromatic N) is 1. The lowest BCUT2D eigenvalue weighted by Gasteiger charge is -2.42. The van der Waals surface area contributed by atoms with Gasteiger partial charge in [0.2, 0.25) is 0 Å². The minimum atomic E-state index is -0.410. The van der Waals surface area contributed by atoms with Gasteiger partial charge < -0.3 is 19.7 Å². The average Bonchev–Trinajstić information content (AvgIpc) is 2.73. The Bertz CT molecular complexity index is 510. The standard InChI is InChI=1S/C16H22N2O3/c1-13-4-2-3-5-14(13)15(19)18-7-9-21-16(11-18)10-17-6-8-20-12-16/h2-5,17H,6-12H2,1H3/t16-/m0/s1. The van der Waals surface area contributed by atoms with E-state index in [1.807, 2.05) is 36.1 Å².